The van der Waals surface area contributed by atoms with Gasteiger partial charge in [-0.3, -0.25) is 9.59 Å². The third kappa shape index (κ3) is 3.93. The van der Waals surface area contributed by atoms with Gasteiger partial charge in [-0.1, -0.05) is 30.3 Å². The number of aromatic nitrogens is 1. The summed E-state index contributed by atoms with van der Waals surface area (Å²) in [5.41, 5.74) is 7.11. The van der Waals surface area contributed by atoms with E-state index in [2.05, 4.69) is 18.3 Å². The number of thiazole rings is 1. The maximum absolute atomic E-state index is 13.2. The number of para-hydroxylation sites is 1. The number of amides is 2. The van der Waals surface area contributed by atoms with Crippen molar-refractivity contribution in [2.45, 2.75) is 13.8 Å². The minimum Gasteiger partial charge on any atom is -0.482 e. The monoisotopic (exact) mass is 509 g/mol. The quantitative estimate of drug-likeness (QED) is 0.437. The van der Waals surface area contributed by atoms with Gasteiger partial charge in [0.2, 0.25) is 4.80 Å². The summed E-state index contributed by atoms with van der Waals surface area (Å²) in [6.07, 6.45) is 0. The Bertz CT molecular complexity index is 1700. The Morgan fingerprint density at radius 3 is 2.73 bits per heavy atom. The second-order valence-electron chi connectivity index (χ2n) is 8.92. The number of anilines is 2. The minimum absolute atomic E-state index is 0.00758. The molecule has 0 spiro atoms. The van der Waals surface area contributed by atoms with E-state index in [1.807, 2.05) is 66.9 Å². The van der Waals surface area contributed by atoms with Crippen molar-refractivity contribution >= 4 is 45.9 Å². The van der Waals surface area contributed by atoms with Crippen molar-refractivity contribution in [1.29, 1.82) is 0 Å². The second kappa shape index (κ2) is 8.86. The topological polar surface area (TPSA) is 88.3 Å². The lowest BCUT2D eigenvalue weighted by Crippen LogP contribution is -2.27. The normalized spacial score (nSPS) is 16.0. The van der Waals surface area contributed by atoms with Crippen LogP contribution in [0, 0.1) is 13.8 Å². The van der Waals surface area contributed by atoms with Gasteiger partial charge in [0, 0.05) is 23.6 Å². The zero-order chi connectivity index (χ0) is 25.7. The van der Waals surface area contributed by atoms with Crippen molar-refractivity contribution < 1.29 is 14.3 Å². The Kier molecular flexibility index (Phi) is 5.49. The van der Waals surface area contributed by atoms with Gasteiger partial charge < -0.3 is 15.0 Å². The van der Waals surface area contributed by atoms with E-state index in [0.717, 1.165) is 39.3 Å². The highest BCUT2D eigenvalue weighted by atomic mass is 32.1. The fourth-order valence-electron chi connectivity index (χ4n) is 4.42. The number of ether oxygens (including phenoxy) is 1. The third-order valence-electron chi connectivity index (χ3n) is 6.61. The summed E-state index contributed by atoms with van der Waals surface area (Å²) < 4.78 is 7.24. The molecule has 0 fully saturated rings. The van der Waals surface area contributed by atoms with Crippen molar-refractivity contribution in [3.05, 3.63) is 87.5 Å². The van der Waals surface area contributed by atoms with E-state index in [1.165, 1.54) is 11.3 Å². The molecule has 0 atom stereocenters. The molecule has 2 aliphatic heterocycles. The molecule has 8 nitrogen and oxygen atoms in total. The number of nitrogens with zero attached hydrogens (tertiary/aromatic N) is 4. The summed E-state index contributed by atoms with van der Waals surface area (Å²) >= 11 is 1.43. The first-order valence-electron chi connectivity index (χ1n) is 11.8. The lowest BCUT2D eigenvalue weighted by molar-refractivity contribution is -0.118. The molecule has 0 saturated carbocycles. The summed E-state index contributed by atoms with van der Waals surface area (Å²) in [5, 5.41) is 9.70. The number of benzene rings is 3. The van der Waals surface area contributed by atoms with Gasteiger partial charge in [0.15, 0.2) is 12.3 Å². The molecule has 3 heterocycles. The molecule has 37 heavy (non-hydrogen) atoms. The first-order valence-corrected chi connectivity index (χ1v) is 12.6. The van der Waals surface area contributed by atoms with E-state index >= 15 is 0 Å². The molecule has 0 saturated heterocycles. The number of carbonyl (C=O) groups excluding carboxylic acids is 2. The van der Waals surface area contributed by atoms with E-state index in [4.69, 9.17) is 14.8 Å². The standard InChI is InChI=1S/C28H23N5O3S/c1-16-7-6-9-20(17(16)2)30-28-33(31-26-19-8-4-5-10-22(19)32(3)27(26)35)23(15-37-28)18-11-12-24-21(13-18)29-25(34)14-36-24/h4-13,15H,14H2,1-3H3,(H,29,34). The molecule has 1 N–H and O–H groups in total. The molecule has 1 aromatic heterocycles. The first-order chi connectivity index (χ1) is 17.9. The van der Waals surface area contributed by atoms with Gasteiger partial charge in [-0.05, 0) is 55.3 Å². The molecule has 2 aliphatic rings. The zero-order valence-corrected chi connectivity index (χ0v) is 21.3. The molecule has 9 heteroatoms. The van der Waals surface area contributed by atoms with Gasteiger partial charge in [0.25, 0.3) is 11.8 Å². The Hall–Kier alpha value is -4.50. The van der Waals surface area contributed by atoms with E-state index in [1.54, 1.807) is 16.6 Å². The Morgan fingerprint density at radius 1 is 1.03 bits per heavy atom. The number of rotatable bonds is 3. The third-order valence-corrected chi connectivity index (χ3v) is 7.43. The highest BCUT2D eigenvalue weighted by molar-refractivity contribution is 7.07. The van der Waals surface area contributed by atoms with Crippen LogP contribution < -0.4 is 19.8 Å². The largest absolute Gasteiger partial charge is 0.482 e. The number of nitrogens with one attached hydrogen (secondary N) is 1. The van der Waals surface area contributed by atoms with Crippen LogP contribution in [0.1, 0.15) is 16.7 Å². The molecule has 0 unspecified atom stereocenters. The Morgan fingerprint density at radius 2 is 1.86 bits per heavy atom. The Balaban J connectivity index is 1.58. The van der Waals surface area contributed by atoms with E-state index in [-0.39, 0.29) is 18.4 Å². The predicted molar refractivity (Wildman–Crippen MR) is 145 cm³/mol. The first kappa shape index (κ1) is 22.9. The van der Waals surface area contributed by atoms with Crippen molar-refractivity contribution in [2.24, 2.45) is 10.1 Å². The van der Waals surface area contributed by atoms with Crippen LogP contribution in [-0.4, -0.2) is 35.9 Å². The summed E-state index contributed by atoms with van der Waals surface area (Å²) in [7, 11) is 1.75. The highest BCUT2D eigenvalue weighted by Crippen LogP contribution is 2.34. The van der Waals surface area contributed by atoms with Gasteiger partial charge in [-0.25, -0.2) is 9.67 Å². The summed E-state index contributed by atoms with van der Waals surface area (Å²) in [6, 6.07) is 19.2. The molecule has 0 radical (unpaired) electrons. The second-order valence-corrected chi connectivity index (χ2v) is 9.76. The van der Waals surface area contributed by atoms with Crippen LogP contribution in [0.15, 0.2) is 76.1 Å². The fraction of sp³-hybridized carbons (Fsp3) is 0.143. The van der Waals surface area contributed by atoms with Gasteiger partial charge in [0.05, 0.1) is 22.8 Å². The lowest BCUT2D eigenvalue weighted by atomic mass is 10.1. The highest BCUT2D eigenvalue weighted by Gasteiger charge is 2.32. The summed E-state index contributed by atoms with van der Waals surface area (Å²) in [6.45, 7) is 4.08. The molecule has 3 aromatic carbocycles. The Labute approximate surface area is 217 Å². The number of likely N-dealkylation sites (N-methyl/N-ethyl adjacent to an activating group) is 1. The van der Waals surface area contributed by atoms with E-state index < -0.39 is 0 Å². The van der Waals surface area contributed by atoms with Gasteiger partial charge in [-0.2, -0.15) is 5.10 Å². The molecule has 0 bridgehead atoms. The number of aryl methyl sites for hydroxylation is 1. The van der Waals surface area contributed by atoms with Crippen molar-refractivity contribution in [2.75, 3.05) is 23.9 Å². The number of fused-ring (bicyclic) bond motifs is 2. The SMILES string of the molecule is Cc1cccc(N=c2scc(-c3ccc4c(c3)NC(=O)CO4)n2N=C2C(=O)N(C)c3ccccc32)c1C. The average molecular weight is 510 g/mol. The van der Waals surface area contributed by atoms with E-state index in [0.29, 0.717) is 21.9 Å². The van der Waals surface area contributed by atoms with Crippen LogP contribution >= 0.6 is 11.3 Å². The van der Waals surface area contributed by atoms with E-state index in [9.17, 15) is 9.59 Å². The zero-order valence-electron chi connectivity index (χ0n) is 20.5. The summed E-state index contributed by atoms with van der Waals surface area (Å²) in [4.78, 5) is 32.3. The number of hydrogen-bond acceptors (Lipinski definition) is 6. The van der Waals surface area contributed by atoms with Crippen LogP contribution in [0.3, 0.4) is 0 Å². The maximum Gasteiger partial charge on any atom is 0.279 e. The lowest BCUT2D eigenvalue weighted by Gasteiger charge is -2.18. The predicted octanol–water partition coefficient (Wildman–Crippen LogP) is 4.63. The van der Waals surface area contributed by atoms with Crippen LogP contribution in [0.4, 0.5) is 17.1 Å². The molecule has 4 aromatic rings. The molecule has 6 rings (SSSR count). The smallest absolute Gasteiger partial charge is 0.279 e. The summed E-state index contributed by atoms with van der Waals surface area (Å²) in [5.74, 6) is 0.220. The number of carbonyl (C=O) groups is 2. The maximum atomic E-state index is 13.2. The molecule has 2 amide bonds. The van der Waals surface area contributed by atoms with Crippen molar-refractivity contribution in [3.8, 4) is 17.0 Å². The van der Waals surface area contributed by atoms with Gasteiger partial charge in [-0.15, -0.1) is 11.3 Å². The van der Waals surface area contributed by atoms with Crippen LogP contribution in [0.2, 0.25) is 0 Å². The minimum atomic E-state index is -0.204. The fourth-order valence-corrected chi connectivity index (χ4v) is 5.26. The number of hydrogen-bond donors (Lipinski definition) is 1. The van der Waals surface area contributed by atoms with Crippen LogP contribution in [-0.2, 0) is 9.59 Å². The van der Waals surface area contributed by atoms with Crippen LogP contribution in [0.25, 0.3) is 11.3 Å². The molecule has 0 aliphatic carbocycles. The van der Waals surface area contributed by atoms with Gasteiger partial charge >= 0.3 is 0 Å². The van der Waals surface area contributed by atoms with Gasteiger partial charge in [0.1, 0.15) is 5.75 Å². The molecular formula is C28H23N5O3S. The molecular weight excluding hydrogens is 486 g/mol. The van der Waals surface area contributed by atoms with Crippen molar-refractivity contribution in [1.82, 2.24) is 4.68 Å². The molecule has 184 valence electrons. The average Bonchev–Trinajstić information content (AvgIpc) is 3.40. The van der Waals surface area contributed by atoms with Crippen LogP contribution in [0.5, 0.6) is 5.75 Å². The van der Waals surface area contributed by atoms with Crippen molar-refractivity contribution in [3.63, 3.8) is 0 Å².